The van der Waals surface area contributed by atoms with Gasteiger partial charge in [-0.3, -0.25) is 4.79 Å². The van der Waals surface area contributed by atoms with Gasteiger partial charge in [-0.25, -0.2) is 9.48 Å². The first-order chi connectivity index (χ1) is 12.1. The number of aromatic nitrogens is 2. The molecule has 2 heterocycles. The molecule has 0 spiro atoms. The van der Waals surface area contributed by atoms with Gasteiger partial charge >= 0.3 is 5.97 Å². The highest BCUT2D eigenvalue weighted by molar-refractivity contribution is 5.94. The number of rotatable bonds is 5. The predicted molar refractivity (Wildman–Crippen MR) is 93.9 cm³/mol. The van der Waals surface area contributed by atoms with Crippen molar-refractivity contribution in [2.24, 2.45) is 5.92 Å². The number of amides is 1. The minimum atomic E-state index is -0.441. The summed E-state index contributed by atoms with van der Waals surface area (Å²) >= 11 is 0. The molecule has 1 fully saturated rings. The van der Waals surface area contributed by atoms with Crippen LogP contribution in [-0.4, -0.2) is 46.3 Å². The van der Waals surface area contributed by atoms with E-state index in [-0.39, 0.29) is 11.9 Å². The molecule has 0 saturated carbocycles. The number of anilines is 1. The van der Waals surface area contributed by atoms with Gasteiger partial charge in [0, 0.05) is 19.5 Å². The SMILES string of the molecule is CCOC(=O)c1cnn(C2CCN(C(=O)C[C@@H]3C=CCC3)CC2)c1N. The quantitative estimate of drug-likeness (QED) is 0.652. The van der Waals surface area contributed by atoms with Crippen LogP contribution in [0.2, 0.25) is 0 Å². The standard InChI is InChI=1S/C18H26N4O3/c1-2-25-18(24)15-12-20-22(17(15)19)14-7-9-21(10-8-14)16(23)11-13-5-3-4-6-13/h3,5,12-14H,2,4,6-11,19H2,1H3/t13-/m1/s1. The Hall–Kier alpha value is -2.31. The summed E-state index contributed by atoms with van der Waals surface area (Å²) in [5.41, 5.74) is 6.39. The van der Waals surface area contributed by atoms with Gasteiger partial charge in [-0.05, 0) is 38.5 Å². The van der Waals surface area contributed by atoms with Crippen LogP contribution in [0.5, 0.6) is 0 Å². The summed E-state index contributed by atoms with van der Waals surface area (Å²) in [6.45, 7) is 3.47. The Kier molecular flexibility index (Phi) is 5.40. The van der Waals surface area contributed by atoms with Crippen LogP contribution >= 0.6 is 0 Å². The predicted octanol–water partition coefficient (Wildman–Crippen LogP) is 2.16. The highest BCUT2D eigenvalue weighted by Gasteiger charge is 2.28. The Labute approximate surface area is 147 Å². The number of hydrogen-bond donors (Lipinski definition) is 1. The Balaban J connectivity index is 1.56. The van der Waals surface area contributed by atoms with E-state index in [4.69, 9.17) is 10.5 Å². The highest BCUT2D eigenvalue weighted by atomic mass is 16.5. The number of carbonyl (C=O) groups excluding carboxylic acids is 2. The van der Waals surface area contributed by atoms with Crippen LogP contribution in [0.4, 0.5) is 5.82 Å². The third kappa shape index (κ3) is 3.86. The maximum atomic E-state index is 12.4. The van der Waals surface area contributed by atoms with Gasteiger partial charge in [0.15, 0.2) is 0 Å². The number of likely N-dealkylation sites (tertiary alicyclic amines) is 1. The van der Waals surface area contributed by atoms with Crippen molar-refractivity contribution in [1.29, 1.82) is 0 Å². The fraction of sp³-hybridized carbons (Fsp3) is 0.611. The molecule has 2 aliphatic rings. The summed E-state index contributed by atoms with van der Waals surface area (Å²) < 4.78 is 6.69. The monoisotopic (exact) mass is 346 g/mol. The van der Waals surface area contributed by atoms with Crippen LogP contribution in [0.15, 0.2) is 18.3 Å². The van der Waals surface area contributed by atoms with Crippen molar-refractivity contribution in [3.05, 3.63) is 23.9 Å². The smallest absolute Gasteiger partial charge is 0.343 e. The van der Waals surface area contributed by atoms with Gasteiger partial charge < -0.3 is 15.4 Å². The second-order valence-electron chi connectivity index (χ2n) is 6.69. The number of nitrogens with zero attached hydrogens (tertiary/aromatic N) is 3. The number of hydrogen-bond acceptors (Lipinski definition) is 5. The lowest BCUT2D eigenvalue weighted by Gasteiger charge is -2.33. The number of piperidine rings is 1. The van der Waals surface area contributed by atoms with Gasteiger partial charge in [-0.1, -0.05) is 12.2 Å². The number of carbonyl (C=O) groups is 2. The number of ether oxygens (including phenoxy) is 1. The van der Waals surface area contributed by atoms with Crippen LogP contribution in [0, 0.1) is 5.92 Å². The van der Waals surface area contributed by atoms with Crippen LogP contribution in [-0.2, 0) is 9.53 Å². The van der Waals surface area contributed by atoms with Gasteiger partial charge in [0.05, 0.1) is 18.8 Å². The molecular weight excluding hydrogens is 320 g/mol. The topological polar surface area (TPSA) is 90.5 Å². The molecule has 0 radical (unpaired) electrons. The number of esters is 1. The first-order valence-electron chi connectivity index (χ1n) is 9.04. The molecule has 7 heteroatoms. The molecule has 2 N–H and O–H groups in total. The van der Waals surface area contributed by atoms with Crippen molar-refractivity contribution in [3.63, 3.8) is 0 Å². The fourth-order valence-electron chi connectivity index (χ4n) is 3.61. The van der Waals surface area contributed by atoms with E-state index in [2.05, 4.69) is 17.3 Å². The molecule has 3 rings (SSSR count). The van der Waals surface area contributed by atoms with Crippen LogP contribution in [0.3, 0.4) is 0 Å². The van der Waals surface area contributed by atoms with Crippen LogP contribution < -0.4 is 5.73 Å². The minimum Gasteiger partial charge on any atom is -0.462 e. The molecule has 1 amide bonds. The molecule has 1 aromatic rings. The molecule has 25 heavy (non-hydrogen) atoms. The first kappa shape index (κ1) is 17.5. The first-order valence-corrected chi connectivity index (χ1v) is 9.04. The summed E-state index contributed by atoms with van der Waals surface area (Å²) in [4.78, 5) is 26.2. The molecule has 136 valence electrons. The van der Waals surface area contributed by atoms with Gasteiger partial charge in [-0.15, -0.1) is 0 Å². The molecule has 1 aromatic heterocycles. The van der Waals surface area contributed by atoms with Crippen molar-refractivity contribution in [2.75, 3.05) is 25.4 Å². The zero-order valence-corrected chi connectivity index (χ0v) is 14.7. The van der Waals surface area contributed by atoms with Crippen molar-refractivity contribution in [3.8, 4) is 0 Å². The summed E-state index contributed by atoms with van der Waals surface area (Å²) in [5.74, 6) is 0.539. The largest absolute Gasteiger partial charge is 0.462 e. The Morgan fingerprint density at radius 2 is 2.08 bits per heavy atom. The maximum absolute atomic E-state index is 12.4. The molecule has 1 saturated heterocycles. The molecule has 0 unspecified atom stereocenters. The Morgan fingerprint density at radius 3 is 2.72 bits per heavy atom. The van der Waals surface area contributed by atoms with Gasteiger partial charge in [-0.2, -0.15) is 5.10 Å². The molecule has 1 atom stereocenters. The van der Waals surface area contributed by atoms with Crippen molar-refractivity contribution in [1.82, 2.24) is 14.7 Å². The number of allylic oxidation sites excluding steroid dienone is 2. The van der Waals surface area contributed by atoms with Gasteiger partial charge in [0.1, 0.15) is 11.4 Å². The third-order valence-corrected chi connectivity index (χ3v) is 5.04. The zero-order chi connectivity index (χ0) is 17.8. The van der Waals surface area contributed by atoms with Gasteiger partial charge in [0.2, 0.25) is 5.91 Å². The zero-order valence-electron chi connectivity index (χ0n) is 14.7. The van der Waals surface area contributed by atoms with Gasteiger partial charge in [0.25, 0.3) is 0 Å². The molecule has 7 nitrogen and oxygen atoms in total. The third-order valence-electron chi connectivity index (χ3n) is 5.04. The summed E-state index contributed by atoms with van der Waals surface area (Å²) in [7, 11) is 0. The van der Waals surface area contributed by atoms with Crippen LogP contribution in [0.25, 0.3) is 0 Å². The van der Waals surface area contributed by atoms with E-state index in [1.807, 2.05) is 4.90 Å². The van der Waals surface area contributed by atoms with E-state index in [9.17, 15) is 9.59 Å². The minimum absolute atomic E-state index is 0.110. The lowest BCUT2D eigenvalue weighted by atomic mass is 10.0. The lowest BCUT2D eigenvalue weighted by Crippen LogP contribution is -2.39. The highest BCUT2D eigenvalue weighted by Crippen LogP contribution is 2.28. The van der Waals surface area contributed by atoms with Crippen LogP contribution in [0.1, 0.15) is 55.4 Å². The van der Waals surface area contributed by atoms with E-state index >= 15 is 0 Å². The van der Waals surface area contributed by atoms with Crippen molar-refractivity contribution >= 4 is 17.7 Å². The Morgan fingerprint density at radius 1 is 1.32 bits per heavy atom. The average Bonchev–Trinajstić information content (AvgIpc) is 3.25. The maximum Gasteiger partial charge on any atom is 0.343 e. The molecule has 1 aliphatic carbocycles. The molecular formula is C18H26N4O3. The lowest BCUT2D eigenvalue weighted by molar-refractivity contribution is -0.133. The summed E-state index contributed by atoms with van der Waals surface area (Å²) in [5, 5.41) is 4.27. The second-order valence-corrected chi connectivity index (χ2v) is 6.69. The molecule has 1 aliphatic heterocycles. The van der Waals surface area contributed by atoms with Crippen molar-refractivity contribution in [2.45, 2.75) is 45.1 Å². The van der Waals surface area contributed by atoms with E-state index in [0.29, 0.717) is 43.4 Å². The summed E-state index contributed by atoms with van der Waals surface area (Å²) in [6.07, 6.45) is 10.2. The molecule has 0 aromatic carbocycles. The van der Waals surface area contributed by atoms with E-state index in [1.165, 1.54) is 6.20 Å². The van der Waals surface area contributed by atoms with E-state index < -0.39 is 5.97 Å². The number of nitrogen functional groups attached to an aromatic ring is 1. The van der Waals surface area contributed by atoms with E-state index in [1.54, 1.807) is 11.6 Å². The average molecular weight is 346 g/mol. The van der Waals surface area contributed by atoms with Crippen molar-refractivity contribution < 1.29 is 14.3 Å². The second kappa shape index (κ2) is 7.72. The number of nitrogens with two attached hydrogens (primary N) is 1. The molecule has 0 bridgehead atoms. The Bertz CT molecular complexity index is 659. The summed E-state index contributed by atoms with van der Waals surface area (Å²) in [6, 6.07) is 0.110. The normalized spacial score (nSPS) is 20.8. The van der Waals surface area contributed by atoms with E-state index in [0.717, 1.165) is 25.7 Å². The fourth-order valence-corrected chi connectivity index (χ4v) is 3.61.